The van der Waals surface area contributed by atoms with E-state index in [9.17, 15) is 22.4 Å². The van der Waals surface area contributed by atoms with Gasteiger partial charge in [0.05, 0.1) is 11.9 Å². The molecule has 0 saturated carbocycles. The zero-order valence-electron chi connectivity index (χ0n) is 21.0. The van der Waals surface area contributed by atoms with E-state index in [0.29, 0.717) is 17.8 Å². The molecule has 2 amide bonds. The van der Waals surface area contributed by atoms with Crippen molar-refractivity contribution >= 4 is 27.5 Å². The molecule has 0 aliphatic carbocycles. The first kappa shape index (κ1) is 28.3. The maximum Gasteiger partial charge on any atom is 0.242 e. The molecule has 0 fully saturated rings. The highest BCUT2D eigenvalue weighted by Gasteiger charge is 2.26. The van der Waals surface area contributed by atoms with Crippen LogP contribution in [0.3, 0.4) is 0 Å². The van der Waals surface area contributed by atoms with E-state index in [4.69, 9.17) is 0 Å². The van der Waals surface area contributed by atoms with Crippen molar-refractivity contribution in [3.63, 3.8) is 0 Å². The molecule has 0 aromatic heterocycles. The SMILES string of the molecule is CCCCNC(=O)[C@H](C)N(Cc1ccc(F)cc1)C(=O)CCCN(c1cccc(C)c1)S(C)(=O)=O. The van der Waals surface area contributed by atoms with Crippen molar-refractivity contribution in [1.29, 1.82) is 0 Å². The lowest BCUT2D eigenvalue weighted by atomic mass is 10.1. The molecule has 0 saturated heterocycles. The minimum atomic E-state index is -3.54. The monoisotopic (exact) mass is 505 g/mol. The number of carbonyl (C=O) groups excluding carboxylic acids is 2. The third-order valence-electron chi connectivity index (χ3n) is 5.70. The summed E-state index contributed by atoms with van der Waals surface area (Å²) in [6.07, 6.45) is 3.26. The van der Waals surface area contributed by atoms with Gasteiger partial charge in [0, 0.05) is 26.1 Å². The summed E-state index contributed by atoms with van der Waals surface area (Å²) < 4.78 is 39.4. The van der Waals surface area contributed by atoms with Gasteiger partial charge >= 0.3 is 0 Å². The summed E-state index contributed by atoms with van der Waals surface area (Å²) in [7, 11) is -3.54. The standard InChI is InChI=1S/C26H36FN3O4S/c1-5-6-16-28-26(32)21(3)29(19-22-12-14-23(27)15-13-22)25(31)11-8-17-30(35(4,33)34)24-10-7-9-20(2)18-24/h7,9-10,12-15,18,21H,5-6,8,11,16-17,19H2,1-4H3,(H,28,32)/t21-/m0/s1. The van der Waals surface area contributed by atoms with Gasteiger partial charge in [-0.25, -0.2) is 12.8 Å². The second kappa shape index (κ2) is 13.2. The van der Waals surface area contributed by atoms with E-state index < -0.39 is 16.1 Å². The van der Waals surface area contributed by atoms with Crippen LogP contribution in [-0.2, 0) is 26.2 Å². The Balaban J connectivity index is 2.13. The number of benzene rings is 2. The molecule has 2 aromatic rings. The highest BCUT2D eigenvalue weighted by molar-refractivity contribution is 7.92. The number of carbonyl (C=O) groups is 2. The van der Waals surface area contributed by atoms with Crippen LogP contribution < -0.4 is 9.62 Å². The summed E-state index contributed by atoms with van der Waals surface area (Å²) in [5.41, 5.74) is 2.18. The number of amides is 2. The van der Waals surface area contributed by atoms with Crippen LogP contribution in [0.5, 0.6) is 0 Å². The number of hydrogen-bond acceptors (Lipinski definition) is 4. The highest BCUT2D eigenvalue weighted by Crippen LogP contribution is 2.20. The molecular formula is C26H36FN3O4S. The number of nitrogens with one attached hydrogen (secondary N) is 1. The van der Waals surface area contributed by atoms with Gasteiger partial charge in [0.15, 0.2) is 0 Å². The average molecular weight is 506 g/mol. The molecule has 0 unspecified atom stereocenters. The number of rotatable bonds is 13. The third kappa shape index (κ3) is 8.98. The fourth-order valence-corrected chi connectivity index (χ4v) is 4.65. The molecule has 7 nitrogen and oxygen atoms in total. The van der Waals surface area contributed by atoms with Crippen LogP contribution in [0.15, 0.2) is 48.5 Å². The lowest BCUT2D eigenvalue weighted by molar-refractivity contribution is -0.140. The van der Waals surface area contributed by atoms with Crippen LogP contribution >= 0.6 is 0 Å². The van der Waals surface area contributed by atoms with Gasteiger partial charge in [-0.3, -0.25) is 13.9 Å². The van der Waals surface area contributed by atoms with Crippen molar-refractivity contribution in [3.05, 3.63) is 65.5 Å². The first-order valence-corrected chi connectivity index (χ1v) is 13.7. The van der Waals surface area contributed by atoms with Crippen LogP contribution in [-0.4, -0.2) is 50.5 Å². The van der Waals surface area contributed by atoms with Crippen LogP contribution in [0.1, 0.15) is 50.7 Å². The van der Waals surface area contributed by atoms with Gasteiger partial charge in [-0.05, 0) is 62.1 Å². The van der Waals surface area contributed by atoms with E-state index in [2.05, 4.69) is 5.32 Å². The third-order valence-corrected chi connectivity index (χ3v) is 6.90. The predicted molar refractivity (Wildman–Crippen MR) is 137 cm³/mol. The molecule has 2 rings (SSSR count). The van der Waals surface area contributed by atoms with E-state index >= 15 is 0 Å². The molecule has 9 heteroatoms. The Bertz CT molecular complexity index is 1090. The van der Waals surface area contributed by atoms with Crippen LogP contribution in [0.4, 0.5) is 10.1 Å². The van der Waals surface area contributed by atoms with Crippen molar-refractivity contribution in [3.8, 4) is 0 Å². The van der Waals surface area contributed by atoms with E-state index in [-0.39, 0.29) is 43.6 Å². The average Bonchev–Trinajstić information content (AvgIpc) is 2.80. The van der Waals surface area contributed by atoms with Crippen LogP contribution in [0, 0.1) is 12.7 Å². The Morgan fingerprint density at radius 3 is 2.37 bits per heavy atom. The van der Waals surface area contributed by atoms with E-state index in [1.165, 1.54) is 21.3 Å². The topological polar surface area (TPSA) is 86.8 Å². The first-order chi connectivity index (χ1) is 16.5. The molecule has 1 N–H and O–H groups in total. The summed E-state index contributed by atoms with van der Waals surface area (Å²) in [4.78, 5) is 27.4. The first-order valence-electron chi connectivity index (χ1n) is 11.9. The molecule has 192 valence electrons. The van der Waals surface area contributed by atoms with Gasteiger partial charge in [0.25, 0.3) is 0 Å². The van der Waals surface area contributed by atoms with Crippen molar-refractivity contribution in [2.75, 3.05) is 23.7 Å². The number of hydrogen-bond donors (Lipinski definition) is 1. The van der Waals surface area contributed by atoms with Gasteiger partial charge in [0.1, 0.15) is 11.9 Å². The van der Waals surface area contributed by atoms with Gasteiger partial charge in [0.2, 0.25) is 21.8 Å². The second-order valence-electron chi connectivity index (χ2n) is 8.75. The zero-order chi connectivity index (χ0) is 26.0. The van der Waals surface area contributed by atoms with Crippen molar-refractivity contribution in [2.24, 2.45) is 0 Å². The largest absolute Gasteiger partial charge is 0.354 e. The molecule has 0 spiro atoms. The molecule has 2 aromatic carbocycles. The quantitative estimate of drug-likeness (QED) is 0.417. The summed E-state index contributed by atoms with van der Waals surface area (Å²) in [5, 5.41) is 2.85. The van der Waals surface area contributed by atoms with Gasteiger partial charge < -0.3 is 10.2 Å². The van der Waals surface area contributed by atoms with Gasteiger partial charge in [-0.1, -0.05) is 37.6 Å². The zero-order valence-corrected chi connectivity index (χ0v) is 21.8. The molecule has 0 radical (unpaired) electrons. The lowest BCUT2D eigenvalue weighted by Gasteiger charge is -2.29. The number of sulfonamides is 1. The van der Waals surface area contributed by atoms with Crippen molar-refractivity contribution in [1.82, 2.24) is 10.2 Å². The molecule has 0 bridgehead atoms. The smallest absolute Gasteiger partial charge is 0.242 e. The highest BCUT2D eigenvalue weighted by atomic mass is 32.2. The summed E-state index contributed by atoms with van der Waals surface area (Å²) in [5.74, 6) is -0.911. The van der Waals surface area contributed by atoms with Gasteiger partial charge in [-0.15, -0.1) is 0 Å². The number of nitrogens with zero attached hydrogens (tertiary/aromatic N) is 2. The normalized spacial score (nSPS) is 12.1. The maximum absolute atomic E-state index is 13.3. The van der Waals surface area contributed by atoms with Crippen molar-refractivity contribution in [2.45, 2.75) is 59.0 Å². The lowest BCUT2D eigenvalue weighted by Crippen LogP contribution is -2.48. The summed E-state index contributed by atoms with van der Waals surface area (Å²) in [6.45, 7) is 6.38. The van der Waals surface area contributed by atoms with Gasteiger partial charge in [-0.2, -0.15) is 0 Å². The number of halogens is 1. The fraction of sp³-hybridized carbons (Fsp3) is 0.462. The second-order valence-corrected chi connectivity index (χ2v) is 10.7. The van der Waals surface area contributed by atoms with E-state index in [1.54, 1.807) is 37.3 Å². The molecule has 1 atom stereocenters. The fourth-order valence-electron chi connectivity index (χ4n) is 3.69. The molecule has 0 aliphatic heterocycles. The molecule has 0 heterocycles. The Morgan fingerprint density at radius 2 is 1.77 bits per heavy atom. The van der Waals surface area contributed by atoms with E-state index in [0.717, 1.165) is 24.7 Å². The number of aryl methyl sites for hydroxylation is 1. The van der Waals surface area contributed by atoms with E-state index in [1.807, 2.05) is 19.9 Å². The Morgan fingerprint density at radius 1 is 1.09 bits per heavy atom. The molecule has 35 heavy (non-hydrogen) atoms. The van der Waals surface area contributed by atoms with Crippen LogP contribution in [0.25, 0.3) is 0 Å². The Hall–Kier alpha value is -2.94. The number of unbranched alkanes of at least 4 members (excludes halogenated alkanes) is 1. The minimum absolute atomic E-state index is 0.0611. The Kier molecular flexibility index (Phi) is 10.7. The summed E-state index contributed by atoms with van der Waals surface area (Å²) in [6, 6.07) is 12.2. The predicted octanol–water partition coefficient (Wildman–Crippen LogP) is 4.01. The van der Waals surface area contributed by atoms with Crippen LogP contribution in [0.2, 0.25) is 0 Å². The maximum atomic E-state index is 13.3. The Labute approximate surface area is 208 Å². The number of anilines is 1. The van der Waals surface area contributed by atoms with Crippen molar-refractivity contribution < 1.29 is 22.4 Å². The minimum Gasteiger partial charge on any atom is -0.354 e. The molecular weight excluding hydrogens is 469 g/mol. The molecule has 0 aliphatic rings. The summed E-state index contributed by atoms with van der Waals surface area (Å²) >= 11 is 0.